The van der Waals surface area contributed by atoms with Crippen LogP contribution in [-0.2, 0) is 0 Å². The first-order chi connectivity index (χ1) is 9.81. The first-order valence-corrected chi connectivity index (χ1v) is 8.55. The molecule has 0 saturated carbocycles. The Labute approximate surface area is 128 Å². The van der Waals surface area contributed by atoms with Crippen LogP contribution in [0.25, 0.3) is 0 Å². The Morgan fingerprint density at radius 1 is 0.750 bits per heavy atom. The van der Waals surface area contributed by atoms with E-state index in [1.54, 1.807) is 0 Å². The lowest BCUT2D eigenvalue weighted by Crippen LogP contribution is -1.94. The van der Waals surface area contributed by atoms with Gasteiger partial charge in [0.1, 0.15) is 0 Å². The molecular weight excluding hydrogens is 240 g/mol. The lowest BCUT2D eigenvalue weighted by atomic mass is 9.97. The SMILES string of the molecule is [CH2]C(CCCC)CCCCCCCC.[c]1ccccc1. The molecule has 1 aromatic carbocycles. The zero-order chi connectivity index (χ0) is 14.9. The van der Waals surface area contributed by atoms with Crippen LogP contribution >= 0.6 is 0 Å². The zero-order valence-corrected chi connectivity index (χ0v) is 13.7. The molecule has 114 valence electrons. The number of rotatable bonds is 10. The maximum absolute atomic E-state index is 4.21. The molecule has 0 heteroatoms. The van der Waals surface area contributed by atoms with Gasteiger partial charge in [0.05, 0.1) is 0 Å². The molecular formula is C20H34. The fraction of sp³-hybridized carbons (Fsp3) is 0.650. The van der Waals surface area contributed by atoms with E-state index in [0.717, 1.165) is 5.92 Å². The second-order valence-electron chi connectivity index (χ2n) is 5.64. The van der Waals surface area contributed by atoms with E-state index >= 15 is 0 Å². The maximum Gasteiger partial charge on any atom is -0.0184 e. The molecule has 0 spiro atoms. The van der Waals surface area contributed by atoms with Crippen molar-refractivity contribution >= 4 is 0 Å². The third-order valence-corrected chi connectivity index (χ3v) is 3.54. The minimum absolute atomic E-state index is 0.723. The molecule has 0 N–H and O–H groups in total. The van der Waals surface area contributed by atoms with Crippen molar-refractivity contribution in [3.05, 3.63) is 43.3 Å². The van der Waals surface area contributed by atoms with E-state index in [4.69, 9.17) is 0 Å². The number of unbranched alkanes of at least 4 members (excludes halogenated alkanes) is 6. The van der Waals surface area contributed by atoms with E-state index in [2.05, 4.69) is 26.8 Å². The van der Waals surface area contributed by atoms with Gasteiger partial charge in [0.25, 0.3) is 0 Å². The van der Waals surface area contributed by atoms with Gasteiger partial charge in [-0.2, -0.15) is 0 Å². The highest BCUT2D eigenvalue weighted by atomic mass is 14.1. The molecule has 1 atom stereocenters. The molecule has 1 aromatic rings. The van der Waals surface area contributed by atoms with Crippen LogP contribution in [0.15, 0.2) is 30.3 Å². The smallest absolute Gasteiger partial charge is 0.0184 e. The van der Waals surface area contributed by atoms with Gasteiger partial charge in [0.15, 0.2) is 0 Å². The van der Waals surface area contributed by atoms with E-state index in [1.165, 1.54) is 64.2 Å². The fourth-order valence-corrected chi connectivity index (χ4v) is 2.19. The molecule has 0 heterocycles. The summed E-state index contributed by atoms with van der Waals surface area (Å²) in [4.78, 5) is 0. The monoisotopic (exact) mass is 274 g/mol. The molecule has 0 saturated heterocycles. The van der Waals surface area contributed by atoms with Gasteiger partial charge in [-0.3, -0.25) is 0 Å². The molecule has 2 radical (unpaired) electrons. The van der Waals surface area contributed by atoms with Crippen LogP contribution in [-0.4, -0.2) is 0 Å². The topological polar surface area (TPSA) is 0 Å². The highest BCUT2D eigenvalue weighted by Gasteiger charge is 2.00. The average molecular weight is 274 g/mol. The summed E-state index contributed by atoms with van der Waals surface area (Å²) in [6.45, 7) is 8.75. The summed E-state index contributed by atoms with van der Waals surface area (Å²) >= 11 is 0. The highest BCUT2D eigenvalue weighted by Crippen LogP contribution is 2.16. The van der Waals surface area contributed by atoms with Crippen molar-refractivity contribution < 1.29 is 0 Å². The molecule has 0 aromatic heterocycles. The molecule has 0 aliphatic carbocycles. The summed E-state index contributed by atoms with van der Waals surface area (Å²) in [5.74, 6) is 0.723. The summed E-state index contributed by atoms with van der Waals surface area (Å²) in [5, 5.41) is 0. The summed E-state index contributed by atoms with van der Waals surface area (Å²) < 4.78 is 0. The van der Waals surface area contributed by atoms with E-state index in [1.807, 2.05) is 30.3 Å². The Morgan fingerprint density at radius 2 is 1.30 bits per heavy atom. The molecule has 20 heavy (non-hydrogen) atoms. The third kappa shape index (κ3) is 15.3. The van der Waals surface area contributed by atoms with Crippen molar-refractivity contribution in [2.45, 2.75) is 78.1 Å². The second kappa shape index (κ2) is 16.3. The van der Waals surface area contributed by atoms with Crippen LogP contribution in [0, 0.1) is 18.9 Å². The van der Waals surface area contributed by atoms with Gasteiger partial charge < -0.3 is 0 Å². The first-order valence-electron chi connectivity index (χ1n) is 8.55. The molecule has 0 bridgehead atoms. The van der Waals surface area contributed by atoms with Crippen LogP contribution < -0.4 is 0 Å². The van der Waals surface area contributed by atoms with Gasteiger partial charge in [0.2, 0.25) is 0 Å². The fourth-order valence-electron chi connectivity index (χ4n) is 2.19. The largest absolute Gasteiger partial charge is 0.0654 e. The zero-order valence-electron chi connectivity index (χ0n) is 13.7. The molecule has 1 rings (SSSR count). The lowest BCUT2D eigenvalue weighted by molar-refractivity contribution is 0.476. The number of hydrogen-bond donors (Lipinski definition) is 0. The number of hydrogen-bond acceptors (Lipinski definition) is 0. The van der Waals surface area contributed by atoms with Gasteiger partial charge in [-0.1, -0.05) is 115 Å². The average Bonchev–Trinajstić information content (AvgIpc) is 2.51. The Balaban J connectivity index is 0.000000493. The van der Waals surface area contributed by atoms with E-state index in [9.17, 15) is 0 Å². The quantitative estimate of drug-likeness (QED) is 0.409. The van der Waals surface area contributed by atoms with Crippen LogP contribution in [0.4, 0.5) is 0 Å². The first kappa shape index (κ1) is 19.2. The molecule has 0 nitrogen and oxygen atoms in total. The van der Waals surface area contributed by atoms with Crippen molar-refractivity contribution in [1.29, 1.82) is 0 Å². The van der Waals surface area contributed by atoms with E-state index in [-0.39, 0.29) is 0 Å². The normalized spacial score (nSPS) is 11.6. The molecule has 0 amide bonds. The maximum atomic E-state index is 4.21. The predicted octanol–water partition coefficient (Wildman–Crippen LogP) is 6.86. The van der Waals surface area contributed by atoms with Crippen molar-refractivity contribution in [2.75, 3.05) is 0 Å². The summed E-state index contributed by atoms with van der Waals surface area (Å²) in [7, 11) is 0. The van der Waals surface area contributed by atoms with Crippen LogP contribution in [0.2, 0.25) is 0 Å². The molecule has 0 aliphatic rings. The minimum atomic E-state index is 0.723. The van der Waals surface area contributed by atoms with Gasteiger partial charge in [-0.25, -0.2) is 0 Å². The van der Waals surface area contributed by atoms with Crippen LogP contribution in [0.1, 0.15) is 78.1 Å². The summed E-state index contributed by atoms with van der Waals surface area (Å²) in [6.07, 6.45) is 13.9. The standard InChI is InChI=1S/C14H29.C6H5/c1-4-6-8-9-10-11-13-14(3)12-7-5-2;1-2-4-6-5-3-1/h14H,3-13H2,1-2H3;1-5H. The van der Waals surface area contributed by atoms with E-state index in [0.29, 0.717) is 0 Å². The van der Waals surface area contributed by atoms with Crippen molar-refractivity contribution in [2.24, 2.45) is 5.92 Å². The Bertz CT molecular complexity index is 225. The number of benzene rings is 1. The summed E-state index contributed by atoms with van der Waals surface area (Å²) in [6, 6.07) is 12.5. The van der Waals surface area contributed by atoms with Gasteiger partial charge >= 0.3 is 0 Å². The Hall–Kier alpha value is -0.780. The van der Waals surface area contributed by atoms with E-state index < -0.39 is 0 Å². The lowest BCUT2D eigenvalue weighted by Gasteiger charge is -2.09. The third-order valence-electron chi connectivity index (χ3n) is 3.54. The minimum Gasteiger partial charge on any atom is -0.0654 e. The van der Waals surface area contributed by atoms with Gasteiger partial charge in [-0.15, -0.1) is 0 Å². The molecule has 1 unspecified atom stereocenters. The molecule has 0 fully saturated rings. The van der Waals surface area contributed by atoms with Crippen molar-refractivity contribution in [3.63, 3.8) is 0 Å². The van der Waals surface area contributed by atoms with Crippen LogP contribution in [0.5, 0.6) is 0 Å². The Kier molecular flexibility index (Phi) is 15.6. The van der Waals surface area contributed by atoms with Gasteiger partial charge in [0, 0.05) is 0 Å². The van der Waals surface area contributed by atoms with Crippen molar-refractivity contribution in [1.82, 2.24) is 0 Å². The Morgan fingerprint density at radius 3 is 1.80 bits per heavy atom. The van der Waals surface area contributed by atoms with Crippen molar-refractivity contribution in [3.8, 4) is 0 Å². The highest BCUT2D eigenvalue weighted by molar-refractivity contribution is 4.97. The second-order valence-corrected chi connectivity index (χ2v) is 5.64. The predicted molar refractivity (Wildman–Crippen MR) is 91.6 cm³/mol. The molecule has 0 aliphatic heterocycles. The van der Waals surface area contributed by atoms with Gasteiger partial charge in [-0.05, 0) is 12.0 Å². The summed E-state index contributed by atoms with van der Waals surface area (Å²) in [5.41, 5.74) is 0. The van der Waals surface area contributed by atoms with Crippen LogP contribution in [0.3, 0.4) is 0 Å².